The molecule has 0 saturated heterocycles. The highest BCUT2D eigenvalue weighted by Gasteiger charge is 2.30. The van der Waals surface area contributed by atoms with Crippen LogP contribution in [0.5, 0.6) is 5.75 Å². The zero-order valence-corrected chi connectivity index (χ0v) is 13.7. The van der Waals surface area contributed by atoms with Crippen molar-refractivity contribution in [1.82, 2.24) is 5.32 Å². The number of nitrogens with one attached hydrogen (secondary N) is 2. The minimum atomic E-state index is -4.44. The molecule has 0 heterocycles. The van der Waals surface area contributed by atoms with Crippen molar-refractivity contribution in [3.05, 3.63) is 59.7 Å². The second kappa shape index (κ2) is 8.41. The van der Waals surface area contributed by atoms with E-state index < -0.39 is 17.8 Å². The maximum atomic E-state index is 12.6. The topological polar surface area (TPSA) is 50.4 Å². The molecule has 0 unspecified atom stereocenters. The highest BCUT2D eigenvalue weighted by Crippen LogP contribution is 2.30. The lowest BCUT2D eigenvalue weighted by Gasteiger charge is -2.11. The van der Waals surface area contributed by atoms with E-state index in [-0.39, 0.29) is 5.69 Å². The molecule has 25 heavy (non-hydrogen) atoms. The molecule has 2 N–H and O–H groups in total. The van der Waals surface area contributed by atoms with Gasteiger partial charge in [-0.1, -0.05) is 23.8 Å². The number of alkyl halides is 3. The van der Waals surface area contributed by atoms with Crippen LogP contribution in [0.4, 0.5) is 23.7 Å². The molecular weight excluding hydrogens is 333 g/mol. The summed E-state index contributed by atoms with van der Waals surface area (Å²) >= 11 is 0. The Hall–Kier alpha value is -2.70. The van der Waals surface area contributed by atoms with Gasteiger partial charge in [-0.2, -0.15) is 13.2 Å². The number of hydrogen-bond acceptors (Lipinski definition) is 2. The van der Waals surface area contributed by atoms with Crippen LogP contribution >= 0.6 is 0 Å². The number of carbonyl (C=O) groups is 1. The van der Waals surface area contributed by atoms with Crippen molar-refractivity contribution in [2.75, 3.05) is 18.5 Å². The average Bonchev–Trinajstić information content (AvgIpc) is 2.56. The quantitative estimate of drug-likeness (QED) is 0.746. The highest BCUT2D eigenvalue weighted by atomic mass is 19.4. The van der Waals surface area contributed by atoms with Gasteiger partial charge in [0.15, 0.2) is 0 Å². The summed E-state index contributed by atoms with van der Waals surface area (Å²) in [5, 5.41) is 4.95. The van der Waals surface area contributed by atoms with E-state index >= 15 is 0 Å². The summed E-state index contributed by atoms with van der Waals surface area (Å²) in [6.45, 7) is 2.75. The Morgan fingerprint density at radius 1 is 1.12 bits per heavy atom. The molecule has 0 spiro atoms. The first-order valence-corrected chi connectivity index (χ1v) is 7.76. The zero-order valence-electron chi connectivity index (χ0n) is 13.7. The standard InChI is InChI=1S/C18H19F3N2O2/c1-13-6-8-16(9-7-13)25-11-3-10-22-17(24)23-15-5-2-4-14(12-15)18(19,20)21/h2,4-9,12H,3,10-11H2,1H3,(H2,22,23,24). The third kappa shape index (κ3) is 6.37. The van der Waals surface area contributed by atoms with E-state index in [0.717, 1.165) is 23.4 Å². The number of anilines is 1. The summed E-state index contributed by atoms with van der Waals surface area (Å²) in [5.41, 5.74) is 0.417. The van der Waals surface area contributed by atoms with E-state index in [1.807, 2.05) is 31.2 Å². The van der Waals surface area contributed by atoms with Gasteiger partial charge in [0.05, 0.1) is 12.2 Å². The molecule has 0 aliphatic heterocycles. The van der Waals surface area contributed by atoms with Crippen molar-refractivity contribution in [2.24, 2.45) is 0 Å². The first kappa shape index (κ1) is 18.6. The van der Waals surface area contributed by atoms with Crippen LogP contribution in [0.1, 0.15) is 17.5 Å². The minimum Gasteiger partial charge on any atom is -0.494 e. The summed E-state index contributed by atoms with van der Waals surface area (Å²) in [6.07, 6.45) is -3.87. The molecule has 4 nitrogen and oxygen atoms in total. The van der Waals surface area contributed by atoms with Crippen LogP contribution in [0.3, 0.4) is 0 Å². The lowest BCUT2D eigenvalue weighted by molar-refractivity contribution is -0.137. The third-order valence-electron chi connectivity index (χ3n) is 3.34. The SMILES string of the molecule is Cc1ccc(OCCCNC(=O)Nc2cccc(C(F)(F)F)c2)cc1. The van der Waals surface area contributed by atoms with Crippen LogP contribution in [0.2, 0.25) is 0 Å². The Kier molecular flexibility index (Phi) is 6.27. The van der Waals surface area contributed by atoms with E-state index in [2.05, 4.69) is 10.6 Å². The van der Waals surface area contributed by atoms with Crippen LogP contribution in [0.15, 0.2) is 48.5 Å². The number of carbonyl (C=O) groups excluding carboxylic acids is 1. The Balaban J connectivity index is 1.69. The van der Waals surface area contributed by atoms with Crippen molar-refractivity contribution < 1.29 is 22.7 Å². The fourth-order valence-electron chi connectivity index (χ4n) is 2.05. The van der Waals surface area contributed by atoms with Crippen LogP contribution in [-0.2, 0) is 6.18 Å². The number of halogens is 3. The van der Waals surface area contributed by atoms with Gasteiger partial charge in [0.2, 0.25) is 0 Å². The number of rotatable bonds is 6. The molecule has 0 aliphatic carbocycles. The normalized spacial score (nSPS) is 11.0. The molecule has 2 aromatic rings. The van der Waals surface area contributed by atoms with E-state index in [4.69, 9.17) is 4.74 Å². The number of ether oxygens (including phenoxy) is 1. The van der Waals surface area contributed by atoms with E-state index in [9.17, 15) is 18.0 Å². The number of aryl methyl sites for hydroxylation is 1. The molecule has 134 valence electrons. The summed E-state index contributed by atoms with van der Waals surface area (Å²) in [6, 6.07) is 11.5. The Bertz CT molecular complexity index is 700. The molecule has 2 amide bonds. The monoisotopic (exact) mass is 352 g/mol. The Morgan fingerprint density at radius 2 is 1.84 bits per heavy atom. The molecule has 0 atom stereocenters. The second-order valence-corrected chi connectivity index (χ2v) is 5.47. The molecular formula is C18H19F3N2O2. The summed E-state index contributed by atoms with van der Waals surface area (Å²) in [5.74, 6) is 0.749. The van der Waals surface area contributed by atoms with E-state index in [1.165, 1.54) is 12.1 Å². The summed E-state index contributed by atoms with van der Waals surface area (Å²) in [7, 11) is 0. The lowest BCUT2D eigenvalue weighted by atomic mass is 10.2. The van der Waals surface area contributed by atoms with Gasteiger partial charge >= 0.3 is 12.2 Å². The van der Waals surface area contributed by atoms with Gasteiger partial charge < -0.3 is 15.4 Å². The van der Waals surface area contributed by atoms with Gasteiger partial charge in [0, 0.05) is 12.2 Å². The molecule has 0 radical (unpaired) electrons. The Morgan fingerprint density at radius 3 is 2.52 bits per heavy atom. The fraction of sp³-hybridized carbons (Fsp3) is 0.278. The van der Waals surface area contributed by atoms with E-state index in [0.29, 0.717) is 19.6 Å². The van der Waals surface area contributed by atoms with Crippen LogP contribution in [0.25, 0.3) is 0 Å². The zero-order chi connectivity index (χ0) is 18.3. The predicted molar refractivity (Wildman–Crippen MR) is 89.8 cm³/mol. The first-order valence-electron chi connectivity index (χ1n) is 7.76. The van der Waals surface area contributed by atoms with Gasteiger partial charge in [0.25, 0.3) is 0 Å². The van der Waals surface area contributed by atoms with Crippen molar-refractivity contribution in [1.29, 1.82) is 0 Å². The number of hydrogen-bond donors (Lipinski definition) is 2. The van der Waals surface area contributed by atoms with Crippen molar-refractivity contribution >= 4 is 11.7 Å². The summed E-state index contributed by atoms with van der Waals surface area (Å²) in [4.78, 5) is 11.7. The molecule has 0 bridgehead atoms. The molecule has 7 heteroatoms. The van der Waals surface area contributed by atoms with Gasteiger partial charge in [-0.05, 0) is 43.7 Å². The molecule has 0 aromatic heterocycles. The second-order valence-electron chi connectivity index (χ2n) is 5.47. The predicted octanol–water partition coefficient (Wildman–Crippen LogP) is 4.60. The molecule has 2 rings (SSSR count). The molecule has 0 aliphatic rings. The Labute approximate surface area is 144 Å². The third-order valence-corrected chi connectivity index (χ3v) is 3.34. The van der Waals surface area contributed by atoms with Gasteiger partial charge in [0.1, 0.15) is 5.75 Å². The van der Waals surface area contributed by atoms with Crippen molar-refractivity contribution in [3.63, 3.8) is 0 Å². The van der Waals surface area contributed by atoms with Crippen LogP contribution in [0, 0.1) is 6.92 Å². The highest BCUT2D eigenvalue weighted by molar-refractivity contribution is 5.89. The maximum Gasteiger partial charge on any atom is 0.416 e. The maximum absolute atomic E-state index is 12.6. The average molecular weight is 352 g/mol. The van der Waals surface area contributed by atoms with Gasteiger partial charge in [-0.15, -0.1) is 0 Å². The molecule has 0 saturated carbocycles. The van der Waals surface area contributed by atoms with Crippen LogP contribution < -0.4 is 15.4 Å². The number of amides is 2. The van der Waals surface area contributed by atoms with Gasteiger partial charge in [-0.3, -0.25) is 0 Å². The lowest BCUT2D eigenvalue weighted by Crippen LogP contribution is -2.30. The first-order chi connectivity index (χ1) is 11.8. The van der Waals surface area contributed by atoms with Crippen molar-refractivity contribution in [2.45, 2.75) is 19.5 Å². The van der Waals surface area contributed by atoms with Crippen molar-refractivity contribution in [3.8, 4) is 5.75 Å². The van der Waals surface area contributed by atoms with E-state index in [1.54, 1.807) is 0 Å². The van der Waals surface area contributed by atoms with Crippen LogP contribution in [-0.4, -0.2) is 19.2 Å². The largest absolute Gasteiger partial charge is 0.494 e. The fourth-order valence-corrected chi connectivity index (χ4v) is 2.05. The number of urea groups is 1. The van der Waals surface area contributed by atoms with Gasteiger partial charge in [-0.25, -0.2) is 4.79 Å². The molecule has 2 aromatic carbocycles. The molecule has 0 fully saturated rings. The summed E-state index contributed by atoms with van der Waals surface area (Å²) < 4.78 is 43.4. The number of benzene rings is 2. The minimum absolute atomic E-state index is 0.0863. The smallest absolute Gasteiger partial charge is 0.416 e.